The van der Waals surface area contributed by atoms with Crippen molar-refractivity contribution in [3.8, 4) is 11.5 Å². The largest absolute Gasteiger partial charge is 0.481 e. The molecule has 0 aliphatic heterocycles. The molecule has 0 saturated carbocycles. The minimum Gasteiger partial charge on any atom is -0.481 e. The van der Waals surface area contributed by atoms with Crippen molar-refractivity contribution >= 4 is 45.6 Å². The van der Waals surface area contributed by atoms with Crippen LogP contribution in [0.3, 0.4) is 0 Å². The van der Waals surface area contributed by atoms with Crippen molar-refractivity contribution in [2.75, 3.05) is 0 Å². The predicted octanol–water partition coefficient (Wildman–Crippen LogP) is 5.55. The van der Waals surface area contributed by atoms with Gasteiger partial charge in [0.15, 0.2) is 6.10 Å². The number of hydrogen-bond donors (Lipinski definition) is 1. The predicted molar refractivity (Wildman–Crippen MR) is 128 cm³/mol. The number of rotatable bonds is 7. The van der Waals surface area contributed by atoms with Crippen LogP contribution in [0, 0.1) is 6.92 Å². The van der Waals surface area contributed by atoms with E-state index in [1.54, 1.807) is 67.6 Å². The number of amides is 1. The Morgan fingerprint density at radius 3 is 2.56 bits per heavy atom. The highest BCUT2D eigenvalue weighted by Gasteiger charge is 2.15. The Bertz CT molecular complexity index is 1150. The number of carbonyl (C=O) groups is 2. The summed E-state index contributed by atoms with van der Waals surface area (Å²) in [5.41, 5.74) is 4.33. The molecule has 0 fully saturated rings. The van der Waals surface area contributed by atoms with Gasteiger partial charge in [-0.3, -0.25) is 4.79 Å². The molecule has 1 atom stereocenters. The summed E-state index contributed by atoms with van der Waals surface area (Å²) in [6, 6.07) is 18.9. The Morgan fingerprint density at radius 2 is 1.84 bits per heavy atom. The highest BCUT2D eigenvalue weighted by molar-refractivity contribution is 9.10. The first-order chi connectivity index (χ1) is 15.3. The maximum Gasteiger partial charge on any atom is 0.343 e. The van der Waals surface area contributed by atoms with Gasteiger partial charge in [-0.05, 0) is 68.4 Å². The fourth-order valence-corrected chi connectivity index (χ4v) is 3.18. The molecular weight excluding hydrogens is 496 g/mol. The third-order valence-electron chi connectivity index (χ3n) is 4.30. The van der Waals surface area contributed by atoms with Crippen molar-refractivity contribution in [1.29, 1.82) is 0 Å². The molecule has 3 rings (SSSR count). The number of hydrazone groups is 1. The van der Waals surface area contributed by atoms with E-state index in [9.17, 15) is 9.59 Å². The van der Waals surface area contributed by atoms with E-state index in [1.807, 2.05) is 13.0 Å². The molecule has 0 saturated heterocycles. The van der Waals surface area contributed by atoms with Gasteiger partial charge < -0.3 is 9.47 Å². The number of nitrogens with one attached hydrogen (secondary N) is 1. The Kier molecular flexibility index (Phi) is 8.03. The summed E-state index contributed by atoms with van der Waals surface area (Å²) >= 11 is 9.23. The van der Waals surface area contributed by atoms with Crippen LogP contribution in [0.15, 0.2) is 76.3 Å². The molecule has 3 aromatic rings. The molecule has 164 valence electrons. The van der Waals surface area contributed by atoms with E-state index in [4.69, 9.17) is 21.1 Å². The van der Waals surface area contributed by atoms with Gasteiger partial charge in [0, 0.05) is 15.1 Å². The lowest BCUT2D eigenvalue weighted by molar-refractivity contribution is -0.127. The van der Waals surface area contributed by atoms with E-state index in [1.165, 1.54) is 6.21 Å². The third-order valence-corrected chi connectivity index (χ3v) is 5.05. The van der Waals surface area contributed by atoms with Crippen molar-refractivity contribution in [3.05, 3.63) is 92.9 Å². The molecule has 0 radical (unpaired) electrons. The molecule has 8 heteroatoms. The number of halogens is 2. The molecule has 0 aromatic heterocycles. The molecule has 0 heterocycles. The minimum absolute atomic E-state index is 0.308. The number of benzene rings is 3. The summed E-state index contributed by atoms with van der Waals surface area (Å²) in [4.78, 5) is 24.8. The highest BCUT2D eigenvalue weighted by atomic mass is 79.9. The Balaban J connectivity index is 1.65. The third kappa shape index (κ3) is 6.67. The average molecular weight is 516 g/mol. The van der Waals surface area contributed by atoms with E-state index < -0.39 is 18.0 Å². The van der Waals surface area contributed by atoms with Crippen LogP contribution in [0.5, 0.6) is 11.5 Å². The van der Waals surface area contributed by atoms with E-state index >= 15 is 0 Å². The second kappa shape index (κ2) is 10.9. The van der Waals surface area contributed by atoms with Gasteiger partial charge in [0.2, 0.25) is 0 Å². The lowest BCUT2D eigenvalue weighted by atomic mass is 10.1. The number of carbonyl (C=O) groups excluding carboxylic acids is 2. The second-order valence-corrected chi connectivity index (χ2v) is 8.24. The summed E-state index contributed by atoms with van der Waals surface area (Å²) in [6.07, 6.45) is 0.616. The van der Waals surface area contributed by atoms with E-state index in [2.05, 4.69) is 26.5 Å². The fraction of sp³-hybridized carbons (Fsp3) is 0.125. The molecule has 6 nitrogen and oxygen atoms in total. The van der Waals surface area contributed by atoms with Crippen LogP contribution in [0.2, 0.25) is 5.02 Å². The highest BCUT2D eigenvalue weighted by Crippen LogP contribution is 2.23. The average Bonchev–Trinajstić information content (AvgIpc) is 2.77. The van der Waals surface area contributed by atoms with Gasteiger partial charge in [-0.25, -0.2) is 10.2 Å². The van der Waals surface area contributed by atoms with Crippen LogP contribution in [-0.2, 0) is 4.79 Å². The number of ether oxygens (including phenoxy) is 2. The van der Waals surface area contributed by atoms with Crippen molar-refractivity contribution in [1.82, 2.24) is 5.43 Å². The zero-order valence-corrected chi connectivity index (χ0v) is 19.7. The van der Waals surface area contributed by atoms with Gasteiger partial charge in [0.25, 0.3) is 5.91 Å². The smallest absolute Gasteiger partial charge is 0.343 e. The molecule has 32 heavy (non-hydrogen) atoms. The number of aryl methyl sites for hydroxylation is 1. The van der Waals surface area contributed by atoms with Crippen LogP contribution < -0.4 is 14.9 Å². The van der Waals surface area contributed by atoms with Crippen molar-refractivity contribution in [3.63, 3.8) is 0 Å². The zero-order chi connectivity index (χ0) is 23.1. The van der Waals surface area contributed by atoms with Gasteiger partial charge in [-0.2, -0.15) is 5.10 Å². The normalized spacial score (nSPS) is 11.8. The fourth-order valence-electron chi connectivity index (χ4n) is 2.67. The summed E-state index contributed by atoms with van der Waals surface area (Å²) in [6.45, 7) is 3.50. The monoisotopic (exact) mass is 514 g/mol. The summed E-state index contributed by atoms with van der Waals surface area (Å²) in [5.74, 6) is -0.106. The summed E-state index contributed by atoms with van der Waals surface area (Å²) in [5, 5.41) is 4.55. The lowest BCUT2D eigenvalue weighted by Crippen LogP contribution is -2.33. The van der Waals surface area contributed by atoms with Crippen LogP contribution in [0.1, 0.15) is 28.4 Å². The van der Waals surface area contributed by atoms with Crippen molar-refractivity contribution in [2.24, 2.45) is 5.10 Å². The lowest BCUT2D eigenvalue weighted by Gasteiger charge is -2.13. The van der Waals surface area contributed by atoms with Crippen LogP contribution in [0.4, 0.5) is 0 Å². The van der Waals surface area contributed by atoms with Crippen LogP contribution in [0.25, 0.3) is 0 Å². The van der Waals surface area contributed by atoms with Crippen molar-refractivity contribution in [2.45, 2.75) is 20.0 Å². The maximum absolute atomic E-state index is 12.5. The molecule has 0 spiro atoms. The molecule has 1 N–H and O–H groups in total. The van der Waals surface area contributed by atoms with Crippen molar-refractivity contribution < 1.29 is 19.1 Å². The SMILES string of the molecule is Cc1cccc(C(=O)Oc2ccc(Br)cc2/C=N/NC(=O)C(C)Oc2ccc(Cl)cc2)c1. The molecular formula is C24H20BrClN2O4. The minimum atomic E-state index is -0.783. The van der Waals surface area contributed by atoms with Gasteiger partial charge in [0.05, 0.1) is 11.8 Å². The summed E-state index contributed by atoms with van der Waals surface area (Å²) in [7, 11) is 0. The molecule has 0 aliphatic rings. The number of nitrogens with zero attached hydrogens (tertiary/aromatic N) is 1. The molecule has 1 amide bonds. The van der Waals surface area contributed by atoms with Gasteiger partial charge in [0.1, 0.15) is 11.5 Å². The van der Waals surface area contributed by atoms with Crippen LogP contribution in [-0.4, -0.2) is 24.2 Å². The zero-order valence-electron chi connectivity index (χ0n) is 17.3. The van der Waals surface area contributed by atoms with E-state index in [0.29, 0.717) is 27.6 Å². The second-order valence-electron chi connectivity index (χ2n) is 6.89. The number of esters is 1. The topological polar surface area (TPSA) is 77.0 Å². The van der Waals surface area contributed by atoms with E-state index in [0.717, 1.165) is 10.0 Å². The van der Waals surface area contributed by atoms with Gasteiger partial charge in [-0.1, -0.05) is 45.2 Å². The maximum atomic E-state index is 12.5. The first kappa shape index (κ1) is 23.5. The molecule has 1 unspecified atom stereocenters. The standard InChI is InChI=1S/C24H20BrClN2O4/c1-15-4-3-5-17(12-15)24(30)32-22-11-6-19(25)13-18(22)14-27-28-23(29)16(2)31-21-9-7-20(26)8-10-21/h3-14,16H,1-2H3,(H,28,29)/b27-14+. The van der Waals surface area contributed by atoms with Gasteiger partial charge in [-0.15, -0.1) is 0 Å². The molecule has 3 aromatic carbocycles. The first-order valence-corrected chi connectivity index (χ1v) is 10.8. The number of hydrogen-bond acceptors (Lipinski definition) is 5. The molecule has 0 bridgehead atoms. The van der Waals surface area contributed by atoms with Gasteiger partial charge >= 0.3 is 5.97 Å². The summed E-state index contributed by atoms with van der Waals surface area (Å²) < 4.78 is 11.9. The van der Waals surface area contributed by atoms with E-state index in [-0.39, 0.29) is 0 Å². The Labute approximate surface area is 199 Å². The van der Waals surface area contributed by atoms with Crippen LogP contribution >= 0.6 is 27.5 Å². The quantitative estimate of drug-likeness (QED) is 0.194. The Hall–Kier alpha value is -3.16. The molecule has 0 aliphatic carbocycles. The Morgan fingerprint density at radius 1 is 1.09 bits per heavy atom. The first-order valence-electron chi connectivity index (χ1n) is 9.65.